The van der Waals surface area contributed by atoms with Gasteiger partial charge in [-0.05, 0) is 116 Å². The minimum Gasteiger partial charge on any atom is -0.484 e. The molecular weight excluding hydrogens is 559 g/mol. The summed E-state index contributed by atoms with van der Waals surface area (Å²) in [6.45, 7) is 7.41. The lowest BCUT2D eigenvalue weighted by atomic mass is 10.0. The standard InChI is InChI=1S/C33H32Cl2N2O4/c1-20-13-28(14-21(2)32(20)34)40-18-30(38)36-26-9-5-24(6-10-26)17-25-7-11-27(12-8-25)37-31(39)19-41-29-15-22(3)33(35)23(4)16-29/h5-16H,17-19H2,1-4H3,(H,36,38)(H,37,39). The molecule has 0 heterocycles. The van der Waals surface area contributed by atoms with Crippen molar-refractivity contribution in [1.82, 2.24) is 0 Å². The van der Waals surface area contributed by atoms with Crippen molar-refractivity contribution in [2.75, 3.05) is 23.8 Å². The van der Waals surface area contributed by atoms with Gasteiger partial charge in [0.15, 0.2) is 13.2 Å². The molecule has 0 aliphatic carbocycles. The van der Waals surface area contributed by atoms with Crippen molar-refractivity contribution in [2.45, 2.75) is 34.1 Å². The second-order valence-corrected chi connectivity index (χ2v) is 10.7. The van der Waals surface area contributed by atoms with Crippen molar-refractivity contribution < 1.29 is 19.1 Å². The highest BCUT2D eigenvalue weighted by Crippen LogP contribution is 2.27. The van der Waals surface area contributed by atoms with Crippen LogP contribution in [0.4, 0.5) is 11.4 Å². The van der Waals surface area contributed by atoms with E-state index in [4.69, 9.17) is 32.7 Å². The molecule has 212 valence electrons. The number of hydrogen-bond donors (Lipinski definition) is 2. The van der Waals surface area contributed by atoms with Crippen LogP contribution in [0.25, 0.3) is 0 Å². The van der Waals surface area contributed by atoms with E-state index >= 15 is 0 Å². The molecule has 0 fully saturated rings. The monoisotopic (exact) mass is 590 g/mol. The predicted molar refractivity (Wildman–Crippen MR) is 166 cm³/mol. The summed E-state index contributed by atoms with van der Waals surface area (Å²) in [5.74, 6) is 0.725. The van der Waals surface area contributed by atoms with E-state index < -0.39 is 0 Å². The average molecular weight is 592 g/mol. The van der Waals surface area contributed by atoms with Gasteiger partial charge in [-0.2, -0.15) is 0 Å². The normalized spacial score (nSPS) is 10.7. The van der Waals surface area contributed by atoms with Crippen LogP contribution in [0, 0.1) is 27.7 Å². The van der Waals surface area contributed by atoms with Gasteiger partial charge in [0.05, 0.1) is 0 Å². The molecule has 0 saturated heterocycles. The van der Waals surface area contributed by atoms with Gasteiger partial charge in [0, 0.05) is 21.4 Å². The first kappa shape index (κ1) is 30.0. The lowest BCUT2D eigenvalue weighted by molar-refractivity contribution is -0.118. The number of benzene rings is 4. The molecular formula is C33H32Cl2N2O4. The first-order chi connectivity index (χ1) is 19.6. The van der Waals surface area contributed by atoms with E-state index in [9.17, 15) is 9.59 Å². The maximum atomic E-state index is 12.4. The van der Waals surface area contributed by atoms with E-state index in [1.807, 2.05) is 100 Å². The highest BCUT2D eigenvalue weighted by Gasteiger charge is 2.09. The second-order valence-electron chi connectivity index (χ2n) is 9.99. The smallest absolute Gasteiger partial charge is 0.262 e. The van der Waals surface area contributed by atoms with E-state index in [-0.39, 0.29) is 25.0 Å². The van der Waals surface area contributed by atoms with E-state index in [0.29, 0.717) is 39.3 Å². The first-order valence-electron chi connectivity index (χ1n) is 13.1. The maximum absolute atomic E-state index is 12.4. The van der Waals surface area contributed by atoms with Crippen LogP contribution in [-0.4, -0.2) is 25.0 Å². The number of nitrogens with one attached hydrogen (secondary N) is 2. The number of aryl methyl sites for hydroxylation is 4. The molecule has 0 aliphatic rings. The zero-order chi connectivity index (χ0) is 29.5. The van der Waals surface area contributed by atoms with Gasteiger partial charge in [-0.3, -0.25) is 9.59 Å². The van der Waals surface area contributed by atoms with Crippen LogP contribution in [0.1, 0.15) is 33.4 Å². The number of hydrogen-bond acceptors (Lipinski definition) is 4. The van der Waals surface area contributed by atoms with Crippen LogP contribution in [0.2, 0.25) is 10.0 Å². The molecule has 0 spiro atoms. The summed E-state index contributed by atoms with van der Waals surface area (Å²) in [4.78, 5) is 24.7. The van der Waals surface area contributed by atoms with Gasteiger partial charge in [-0.15, -0.1) is 0 Å². The molecule has 8 heteroatoms. The van der Waals surface area contributed by atoms with Crippen molar-refractivity contribution in [3.8, 4) is 11.5 Å². The summed E-state index contributed by atoms with van der Waals surface area (Å²) < 4.78 is 11.3. The fourth-order valence-corrected chi connectivity index (χ4v) is 4.54. The van der Waals surface area contributed by atoms with Crippen molar-refractivity contribution in [3.63, 3.8) is 0 Å². The number of amides is 2. The molecule has 4 aromatic carbocycles. The van der Waals surface area contributed by atoms with Crippen molar-refractivity contribution in [2.24, 2.45) is 0 Å². The Bertz CT molecular complexity index is 1390. The minimum absolute atomic E-state index is 0.0995. The molecule has 0 aromatic heterocycles. The molecule has 6 nitrogen and oxygen atoms in total. The quantitative estimate of drug-likeness (QED) is 0.197. The zero-order valence-corrected chi connectivity index (χ0v) is 25.0. The Labute approximate surface area is 250 Å². The van der Waals surface area contributed by atoms with Gasteiger partial charge in [-0.1, -0.05) is 47.5 Å². The van der Waals surface area contributed by atoms with Gasteiger partial charge in [0.1, 0.15) is 11.5 Å². The molecule has 2 amide bonds. The minimum atomic E-state index is -0.246. The molecule has 0 unspecified atom stereocenters. The van der Waals surface area contributed by atoms with Crippen molar-refractivity contribution >= 4 is 46.4 Å². The third-order valence-electron chi connectivity index (χ3n) is 6.44. The van der Waals surface area contributed by atoms with Crippen LogP contribution < -0.4 is 20.1 Å². The number of halogens is 2. The van der Waals surface area contributed by atoms with Crippen LogP contribution >= 0.6 is 23.2 Å². The largest absolute Gasteiger partial charge is 0.484 e. The molecule has 41 heavy (non-hydrogen) atoms. The third kappa shape index (κ3) is 8.49. The van der Waals surface area contributed by atoms with Gasteiger partial charge >= 0.3 is 0 Å². The average Bonchev–Trinajstić information content (AvgIpc) is 2.94. The summed E-state index contributed by atoms with van der Waals surface area (Å²) in [6, 6.07) is 22.6. The topological polar surface area (TPSA) is 76.7 Å². The maximum Gasteiger partial charge on any atom is 0.262 e. The lowest BCUT2D eigenvalue weighted by Gasteiger charge is -2.11. The lowest BCUT2D eigenvalue weighted by Crippen LogP contribution is -2.20. The first-order valence-corrected chi connectivity index (χ1v) is 13.9. The predicted octanol–water partition coefficient (Wildman–Crippen LogP) is 7.85. The van der Waals surface area contributed by atoms with Gasteiger partial charge in [0.2, 0.25) is 0 Å². The number of carbonyl (C=O) groups excluding carboxylic acids is 2. The van der Waals surface area contributed by atoms with Crippen LogP contribution in [0.5, 0.6) is 11.5 Å². The molecule has 4 rings (SSSR count). The summed E-state index contributed by atoms with van der Waals surface area (Å²) >= 11 is 12.4. The fraction of sp³-hybridized carbons (Fsp3) is 0.212. The zero-order valence-electron chi connectivity index (χ0n) is 23.4. The summed E-state index contributed by atoms with van der Waals surface area (Å²) in [5.41, 5.74) is 7.17. The molecule has 0 radical (unpaired) electrons. The van der Waals surface area contributed by atoms with Crippen molar-refractivity contribution in [3.05, 3.63) is 116 Å². The van der Waals surface area contributed by atoms with E-state index in [2.05, 4.69) is 10.6 Å². The SMILES string of the molecule is Cc1cc(OCC(=O)Nc2ccc(Cc3ccc(NC(=O)COc4cc(C)c(Cl)c(C)c4)cc3)cc2)cc(C)c1Cl. The number of rotatable bonds is 10. The summed E-state index contributed by atoms with van der Waals surface area (Å²) in [6.07, 6.45) is 0.708. The molecule has 4 aromatic rings. The number of ether oxygens (including phenoxy) is 2. The second kappa shape index (κ2) is 13.6. The Morgan fingerprint density at radius 2 is 0.902 bits per heavy atom. The van der Waals surface area contributed by atoms with Gasteiger partial charge in [0.25, 0.3) is 11.8 Å². The Balaban J connectivity index is 1.23. The van der Waals surface area contributed by atoms with Crippen LogP contribution in [-0.2, 0) is 16.0 Å². The summed E-state index contributed by atoms with van der Waals surface area (Å²) in [7, 11) is 0. The number of anilines is 2. The highest BCUT2D eigenvalue weighted by atomic mass is 35.5. The van der Waals surface area contributed by atoms with Gasteiger partial charge in [-0.25, -0.2) is 0 Å². The van der Waals surface area contributed by atoms with Crippen LogP contribution in [0.3, 0.4) is 0 Å². The van der Waals surface area contributed by atoms with Gasteiger partial charge < -0.3 is 20.1 Å². The third-order valence-corrected chi connectivity index (χ3v) is 7.64. The number of carbonyl (C=O) groups is 2. The highest BCUT2D eigenvalue weighted by molar-refractivity contribution is 6.32. The molecule has 2 N–H and O–H groups in total. The molecule has 0 saturated carbocycles. The fourth-order valence-electron chi connectivity index (χ4n) is 4.32. The van der Waals surface area contributed by atoms with Crippen molar-refractivity contribution in [1.29, 1.82) is 0 Å². The Morgan fingerprint density at radius 3 is 1.22 bits per heavy atom. The summed E-state index contributed by atoms with van der Waals surface area (Å²) in [5, 5.41) is 7.10. The Hall–Kier alpha value is -4.00. The van der Waals surface area contributed by atoms with Crippen LogP contribution in [0.15, 0.2) is 72.8 Å². The van der Waals surface area contributed by atoms with E-state index in [1.54, 1.807) is 0 Å². The van der Waals surface area contributed by atoms with E-state index in [1.165, 1.54) is 0 Å². The molecule has 0 bridgehead atoms. The molecule has 0 aliphatic heterocycles. The molecule has 0 atom stereocenters. The van der Waals surface area contributed by atoms with E-state index in [0.717, 1.165) is 33.4 Å². The Kier molecular flexibility index (Phi) is 9.92. The Morgan fingerprint density at radius 1 is 0.585 bits per heavy atom.